The SMILES string of the molecule is CCOCc1cc(Cn2nc(-c3cccs3)c3c(C)nc(C)cc32)ccc1-c1cc(C)sc1S(=O)(=O)Nc1noc(C)c1C. The van der Waals surface area contributed by atoms with E-state index in [0.29, 0.717) is 36.6 Å². The van der Waals surface area contributed by atoms with Crippen LogP contribution in [0.25, 0.3) is 32.6 Å². The maximum absolute atomic E-state index is 13.7. The first-order valence-corrected chi connectivity index (χ1v) is 17.4. The van der Waals surface area contributed by atoms with Crippen LogP contribution >= 0.6 is 22.7 Å². The van der Waals surface area contributed by atoms with E-state index < -0.39 is 10.0 Å². The minimum absolute atomic E-state index is 0.193. The molecule has 6 rings (SSSR count). The van der Waals surface area contributed by atoms with Gasteiger partial charge in [0.1, 0.15) is 15.7 Å². The Morgan fingerprint density at radius 1 is 1.05 bits per heavy atom. The highest BCUT2D eigenvalue weighted by atomic mass is 32.2. The maximum atomic E-state index is 13.7. The van der Waals surface area contributed by atoms with Crippen molar-refractivity contribution in [2.75, 3.05) is 11.3 Å². The van der Waals surface area contributed by atoms with Gasteiger partial charge in [0.25, 0.3) is 10.0 Å². The molecule has 1 N–H and O–H groups in total. The topological polar surface area (TPSA) is 112 Å². The van der Waals surface area contributed by atoms with Gasteiger partial charge in [-0.2, -0.15) is 5.10 Å². The van der Waals surface area contributed by atoms with Gasteiger partial charge in [0.2, 0.25) is 0 Å². The van der Waals surface area contributed by atoms with Crippen molar-refractivity contribution < 1.29 is 17.7 Å². The number of nitrogens with zero attached hydrogens (tertiary/aromatic N) is 4. The number of ether oxygens (including phenoxy) is 1. The number of anilines is 1. The third kappa shape index (κ3) is 5.70. The van der Waals surface area contributed by atoms with E-state index in [9.17, 15) is 8.42 Å². The number of sulfonamides is 1. The van der Waals surface area contributed by atoms with Gasteiger partial charge < -0.3 is 9.26 Å². The van der Waals surface area contributed by atoms with Crippen LogP contribution in [-0.2, 0) is 27.9 Å². The predicted molar refractivity (Wildman–Crippen MR) is 176 cm³/mol. The second-order valence-corrected chi connectivity index (χ2v) is 14.8. The average molecular weight is 648 g/mol. The van der Waals surface area contributed by atoms with Crippen LogP contribution in [0, 0.1) is 34.6 Å². The fraction of sp³-hybridized carbons (Fsp3) is 0.281. The van der Waals surface area contributed by atoms with E-state index >= 15 is 0 Å². The molecule has 5 aromatic heterocycles. The normalized spacial score (nSPS) is 12.0. The summed E-state index contributed by atoms with van der Waals surface area (Å²) in [7, 11) is -3.94. The van der Waals surface area contributed by atoms with Crippen LogP contribution < -0.4 is 4.72 Å². The molecule has 5 heterocycles. The number of rotatable bonds is 10. The predicted octanol–water partition coefficient (Wildman–Crippen LogP) is 7.80. The molecule has 0 unspecified atom stereocenters. The van der Waals surface area contributed by atoms with Gasteiger partial charge in [0.15, 0.2) is 5.82 Å². The minimum Gasteiger partial charge on any atom is -0.377 e. The number of nitrogens with one attached hydrogen (secondary N) is 1. The van der Waals surface area contributed by atoms with Gasteiger partial charge in [-0.15, -0.1) is 22.7 Å². The lowest BCUT2D eigenvalue weighted by molar-refractivity contribution is 0.134. The van der Waals surface area contributed by atoms with Crippen molar-refractivity contribution in [3.63, 3.8) is 0 Å². The van der Waals surface area contributed by atoms with Crippen LogP contribution in [0.3, 0.4) is 0 Å². The Labute approximate surface area is 264 Å². The van der Waals surface area contributed by atoms with Gasteiger partial charge in [-0.25, -0.2) is 8.42 Å². The lowest BCUT2D eigenvalue weighted by Crippen LogP contribution is -2.13. The summed E-state index contributed by atoms with van der Waals surface area (Å²) < 4.78 is 43.2. The molecule has 0 saturated heterocycles. The summed E-state index contributed by atoms with van der Waals surface area (Å²) in [6.07, 6.45) is 0. The number of fused-ring (bicyclic) bond motifs is 1. The van der Waals surface area contributed by atoms with E-state index in [1.807, 2.05) is 56.6 Å². The number of thiophene rings is 2. The summed E-state index contributed by atoms with van der Waals surface area (Å²) in [5.74, 6) is 0.757. The Morgan fingerprint density at radius 3 is 2.57 bits per heavy atom. The highest BCUT2D eigenvalue weighted by Gasteiger charge is 2.26. The average Bonchev–Trinajstić information content (AvgIpc) is 3.77. The zero-order chi connectivity index (χ0) is 31.2. The van der Waals surface area contributed by atoms with Gasteiger partial charge in [0, 0.05) is 34.0 Å². The van der Waals surface area contributed by atoms with Gasteiger partial charge in [0.05, 0.1) is 28.9 Å². The maximum Gasteiger partial charge on any atom is 0.273 e. The molecule has 1 aromatic carbocycles. The zero-order valence-corrected chi connectivity index (χ0v) is 27.8. The van der Waals surface area contributed by atoms with Crippen molar-refractivity contribution >= 4 is 49.4 Å². The molecule has 0 bridgehead atoms. The zero-order valence-electron chi connectivity index (χ0n) is 25.4. The standard InChI is InChI=1S/C32H33N5O4S3/c1-7-40-17-24-15-23(16-37-27-13-18(2)33-21(5)29(27)30(34-37)28-9-8-12-42-28)10-11-25(24)26-14-19(3)43-32(26)44(38,39)36-31-20(4)22(6)41-35-31/h8-15H,7,16-17H2,1-6H3,(H,35,36). The van der Waals surface area contributed by atoms with Crippen molar-refractivity contribution in [1.29, 1.82) is 0 Å². The molecule has 0 aliphatic rings. The molecule has 12 heteroatoms. The molecule has 228 valence electrons. The molecule has 44 heavy (non-hydrogen) atoms. The third-order valence-electron chi connectivity index (χ3n) is 7.51. The Morgan fingerprint density at radius 2 is 1.86 bits per heavy atom. The molecule has 0 radical (unpaired) electrons. The Kier molecular flexibility index (Phi) is 8.18. The number of hydrogen-bond acceptors (Lipinski definition) is 9. The molecule has 0 atom stereocenters. The fourth-order valence-corrected chi connectivity index (χ4v) is 8.73. The summed E-state index contributed by atoms with van der Waals surface area (Å²) in [6.45, 7) is 12.8. The third-order valence-corrected chi connectivity index (χ3v) is 11.3. The number of benzene rings is 1. The molecule has 0 amide bonds. The summed E-state index contributed by atoms with van der Waals surface area (Å²) in [5, 5.41) is 12.1. The van der Waals surface area contributed by atoms with Gasteiger partial charge in [-0.05, 0) is 81.8 Å². The second-order valence-electron chi connectivity index (χ2n) is 10.7. The highest BCUT2D eigenvalue weighted by molar-refractivity contribution is 7.94. The van der Waals surface area contributed by atoms with Crippen LogP contribution in [0.4, 0.5) is 5.82 Å². The van der Waals surface area contributed by atoms with E-state index in [2.05, 4.69) is 33.5 Å². The molecule has 6 aromatic rings. The summed E-state index contributed by atoms with van der Waals surface area (Å²) in [4.78, 5) is 6.70. The lowest BCUT2D eigenvalue weighted by atomic mass is 9.99. The fourth-order valence-electron chi connectivity index (χ4n) is 5.31. The van der Waals surface area contributed by atoms with Gasteiger partial charge >= 0.3 is 0 Å². The van der Waals surface area contributed by atoms with E-state index in [-0.39, 0.29) is 10.0 Å². The van der Waals surface area contributed by atoms with Gasteiger partial charge in [-0.3, -0.25) is 14.4 Å². The van der Waals surface area contributed by atoms with Crippen molar-refractivity contribution in [2.24, 2.45) is 0 Å². The van der Waals surface area contributed by atoms with Crippen molar-refractivity contribution in [3.05, 3.63) is 86.6 Å². The Balaban J connectivity index is 1.41. The molecular formula is C32H33N5O4S3. The molecule has 0 aliphatic heterocycles. The highest BCUT2D eigenvalue weighted by Crippen LogP contribution is 2.39. The summed E-state index contributed by atoms with van der Waals surface area (Å²) in [5.41, 5.74) is 7.86. The van der Waals surface area contributed by atoms with E-state index in [1.165, 1.54) is 11.3 Å². The summed E-state index contributed by atoms with van der Waals surface area (Å²) in [6, 6.07) is 14.2. The quantitative estimate of drug-likeness (QED) is 0.161. The minimum atomic E-state index is -3.94. The number of aryl methyl sites for hydroxylation is 4. The largest absolute Gasteiger partial charge is 0.377 e. The van der Waals surface area contributed by atoms with Crippen molar-refractivity contribution in [1.82, 2.24) is 19.9 Å². The molecule has 9 nitrogen and oxygen atoms in total. The first-order valence-electron chi connectivity index (χ1n) is 14.2. The van der Waals surface area contributed by atoms with E-state index in [0.717, 1.165) is 54.4 Å². The number of aromatic nitrogens is 4. The summed E-state index contributed by atoms with van der Waals surface area (Å²) >= 11 is 2.88. The first kappa shape index (κ1) is 30.2. The Hall–Kier alpha value is -3.84. The molecule has 0 aliphatic carbocycles. The van der Waals surface area contributed by atoms with Crippen LogP contribution in [0.5, 0.6) is 0 Å². The van der Waals surface area contributed by atoms with E-state index in [1.54, 1.807) is 25.2 Å². The first-order chi connectivity index (χ1) is 21.1. The van der Waals surface area contributed by atoms with Crippen LogP contribution in [0.15, 0.2) is 56.6 Å². The molecule has 0 saturated carbocycles. The van der Waals surface area contributed by atoms with Crippen LogP contribution in [-0.4, -0.2) is 34.9 Å². The lowest BCUT2D eigenvalue weighted by Gasteiger charge is -2.14. The molecular weight excluding hydrogens is 615 g/mol. The Bertz CT molecular complexity index is 2090. The molecule has 0 fully saturated rings. The smallest absolute Gasteiger partial charge is 0.273 e. The van der Waals surface area contributed by atoms with Gasteiger partial charge in [-0.1, -0.05) is 29.4 Å². The van der Waals surface area contributed by atoms with Crippen LogP contribution in [0.1, 0.15) is 45.6 Å². The van der Waals surface area contributed by atoms with Crippen molar-refractivity contribution in [2.45, 2.75) is 58.9 Å². The second kappa shape index (κ2) is 11.9. The van der Waals surface area contributed by atoms with Crippen molar-refractivity contribution in [3.8, 4) is 21.7 Å². The molecule has 0 spiro atoms. The number of pyridine rings is 1. The monoisotopic (exact) mass is 647 g/mol. The number of hydrogen-bond donors (Lipinski definition) is 1. The van der Waals surface area contributed by atoms with Crippen LogP contribution in [0.2, 0.25) is 0 Å². The van der Waals surface area contributed by atoms with E-state index in [4.69, 9.17) is 19.3 Å².